The molecule has 0 unspecified atom stereocenters. The summed E-state index contributed by atoms with van der Waals surface area (Å²) < 4.78 is 2.15. The number of benzene rings is 1. The maximum Gasteiger partial charge on any atom is 0.251 e. The monoisotopic (exact) mass is 293 g/mol. The lowest BCUT2D eigenvalue weighted by molar-refractivity contribution is 0.0951. The number of aromatic nitrogens is 2. The Bertz CT molecular complexity index is 834. The average Bonchev–Trinajstić information content (AvgIpc) is 2.78. The van der Waals surface area contributed by atoms with Gasteiger partial charge in [0.1, 0.15) is 0 Å². The summed E-state index contributed by atoms with van der Waals surface area (Å²) in [6.45, 7) is 4.67. The van der Waals surface area contributed by atoms with Crippen molar-refractivity contribution in [1.82, 2.24) is 14.9 Å². The van der Waals surface area contributed by atoms with Gasteiger partial charge in [-0.15, -0.1) is 0 Å². The van der Waals surface area contributed by atoms with Crippen LogP contribution >= 0.6 is 0 Å². The summed E-state index contributed by atoms with van der Waals surface area (Å²) in [4.78, 5) is 16.4. The summed E-state index contributed by atoms with van der Waals surface area (Å²) in [6, 6.07) is 9.66. The van der Waals surface area contributed by atoms with Gasteiger partial charge in [-0.3, -0.25) is 9.78 Å². The highest BCUT2D eigenvalue weighted by Crippen LogP contribution is 2.25. The zero-order chi connectivity index (χ0) is 15.7. The summed E-state index contributed by atoms with van der Waals surface area (Å²) >= 11 is 0. The fourth-order valence-corrected chi connectivity index (χ4v) is 2.68. The molecule has 0 atom stereocenters. The molecular formula is C18H19N3O. The van der Waals surface area contributed by atoms with Crippen molar-refractivity contribution in [3.05, 3.63) is 65.1 Å². The van der Waals surface area contributed by atoms with E-state index in [9.17, 15) is 4.79 Å². The van der Waals surface area contributed by atoms with Gasteiger partial charge in [0.05, 0.1) is 0 Å². The number of amides is 1. The summed E-state index contributed by atoms with van der Waals surface area (Å²) in [5.41, 5.74) is 5.27. The van der Waals surface area contributed by atoms with Crippen LogP contribution in [0.1, 0.15) is 27.2 Å². The van der Waals surface area contributed by atoms with Crippen LogP contribution in [0.15, 0.2) is 42.7 Å². The molecule has 22 heavy (non-hydrogen) atoms. The molecule has 0 saturated carbocycles. The molecule has 3 rings (SSSR count). The number of pyridine rings is 1. The van der Waals surface area contributed by atoms with Crippen LogP contribution in [0.25, 0.3) is 10.9 Å². The number of rotatable bonds is 3. The van der Waals surface area contributed by atoms with Crippen molar-refractivity contribution in [2.24, 2.45) is 7.05 Å². The number of hydrogen-bond donors (Lipinski definition) is 1. The number of hydrogen-bond acceptors (Lipinski definition) is 2. The lowest BCUT2D eigenvalue weighted by atomic mass is 10.1. The van der Waals surface area contributed by atoms with Crippen LogP contribution in [0.3, 0.4) is 0 Å². The molecule has 1 N–H and O–H groups in total. The van der Waals surface area contributed by atoms with E-state index in [0.29, 0.717) is 12.1 Å². The second-order valence-corrected chi connectivity index (χ2v) is 5.55. The molecule has 3 aromatic rings. The lowest BCUT2D eigenvalue weighted by Crippen LogP contribution is -2.22. The minimum atomic E-state index is -0.0633. The number of carbonyl (C=O) groups is 1. The Morgan fingerprint density at radius 1 is 1.27 bits per heavy atom. The Balaban J connectivity index is 1.84. The molecule has 4 nitrogen and oxygen atoms in total. The molecule has 1 amide bonds. The molecule has 4 heteroatoms. The van der Waals surface area contributed by atoms with Crippen LogP contribution in [0.2, 0.25) is 0 Å². The first-order chi connectivity index (χ1) is 10.6. The maximum absolute atomic E-state index is 12.3. The van der Waals surface area contributed by atoms with Gasteiger partial charge in [-0.25, -0.2) is 0 Å². The summed E-state index contributed by atoms with van der Waals surface area (Å²) in [7, 11) is 2.05. The SMILES string of the molecule is Cc1c(C)n(C)c2ccc(C(=O)NCc3cccnc3)cc12. The van der Waals surface area contributed by atoms with E-state index in [0.717, 1.165) is 16.5 Å². The molecule has 2 heterocycles. The molecule has 0 aliphatic rings. The highest BCUT2D eigenvalue weighted by molar-refractivity contribution is 5.99. The van der Waals surface area contributed by atoms with E-state index in [1.807, 2.05) is 37.4 Å². The number of nitrogens with one attached hydrogen (secondary N) is 1. The number of carbonyl (C=O) groups excluding carboxylic acids is 1. The van der Waals surface area contributed by atoms with E-state index in [4.69, 9.17) is 0 Å². The fourth-order valence-electron chi connectivity index (χ4n) is 2.68. The minimum Gasteiger partial charge on any atom is -0.348 e. The van der Waals surface area contributed by atoms with Crippen molar-refractivity contribution in [1.29, 1.82) is 0 Å². The Hall–Kier alpha value is -2.62. The van der Waals surface area contributed by atoms with Crippen molar-refractivity contribution >= 4 is 16.8 Å². The van der Waals surface area contributed by atoms with Crippen molar-refractivity contribution < 1.29 is 4.79 Å². The summed E-state index contributed by atoms with van der Waals surface area (Å²) in [6.07, 6.45) is 3.48. The summed E-state index contributed by atoms with van der Waals surface area (Å²) in [5, 5.41) is 4.07. The average molecular weight is 293 g/mol. The molecule has 112 valence electrons. The molecule has 0 bridgehead atoms. The predicted octanol–water partition coefficient (Wildman–Crippen LogP) is 3.12. The first-order valence-corrected chi connectivity index (χ1v) is 7.30. The van der Waals surface area contributed by atoms with Gasteiger partial charge in [0, 0.05) is 48.1 Å². The van der Waals surface area contributed by atoms with E-state index in [1.165, 1.54) is 11.3 Å². The molecule has 0 spiro atoms. The van der Waals surface area contributed by atoms with Gasteiger partial charge >= 0.3 is 0 Å². The van der Waals surface area contributed by atoms with Crippen molar-refractivity contribution in [3.63, 3.8) is 0 Å². The Morgan fingerprint density at radius 2 is 2.09 bits per heavy atom. The quantitative estimate of drug-likeness (QED) is 0.806. The zero-order valence-electron chi connectivity index (χ0n) is 13.1. The fraction of sp³-hybridized carbons (Fsp3) is 0.222. The van der Waals surface area contributed by atoms with Gasteiger partial charge in [-0.1, -0.05) is 6.07 Å². The molecule has 0 aliphatic carbocycles. The van der Waals surface area contributed by atoms with Gasteiger partial charge < -0.3 is 9.88 Å². The van der Waals surface area contributed by atoms with Gasteiger partial charge in [-0.2, -0.15) is 0 Å². The second-order valence-electron chi connectivity index (χ2n) is 5.55. The molecule has 2 aromatic heterocycles. The third-order valence-corrected chi connectivity index (χ3v) is 4.25. The molecule has 1 aromatic carbocycles. The highest BCUT2D eigenvalue weighted by Gasteiger charge is 2.12. The third-order valence-electron chi connectivity index (χ3n) is 4.25. The number of fused-ring (bicyclic) bond motifs is 1. The van der Waals surface area contributed by atoms with Crippen LogP contribution in [0, 0.1) is 13.8 Å². The van der Waals surface area contributed by atoms with Gasteiger partial charge in [0.2, 0.25) is 0 Å². The number of aryl methyl sites for hydroxylation is 2. The van der Waals surface area contributed by atoms with E-state index >= 15 is 0 Å². The Morgan fingerprint density at radius 3 is 2.82 bits per heavy atom. The van der Waals surface area contributed by atoms with Crippen LogP contribution in [-0.4, -0.2) is 15.5 Å². The van der Waals surface area contributed by atoms with Crippen LogP contribution in [-0.2, 0) is 13.6 Å². The van der Waals surface area contributed by atoms with Crippen LogP contribution < -0.4 is 5.32 Å². The first-order valence-electron chi connectivity index (χ1n) is 7.30. The van der Waals surface area contributed by atoms with Gasteiger partial charge in [0.15, 0.2) is 0 Å². The lowest BCUT2D eigenvalue weighted by Gasteiger charge is -2.06. The highest BCUT2D eigenvalue weighted by atomic mass is 16.1. The van der Waals surface area contributed by atoms with E-state index in [-0.39, 0.29) is 5.91 Å². The molecule has 0 saturated heterocycles. The molecule has 0 fully saturated rings. The van der Waals surface area contributed by atoms with Crippen LogP contribution in [0.4, 0.5) is 0 Å². The van der Waals surface area contributed by atoms with Crippen molar-refractivity contribution in [3.8, 4) is 0 Å². The van der Waals surface area contributed by atoms with E-state index < -0.39 is 0 Å². The largest absolute Gasteiger partial charge is 0.348 e. The van der Waals surface area contributed by atoms with E-state index in [2.05, 4.69) is 28.7 Å². The molecule has 0 aliphatic heterocycles. The molecular weight excluding hydrogens is 274 g/mol. The topological polar surface area (TPSA) is 46.9 Å². The Kier molecular flexibility index (Phi) is 3.67. The van der Waals surface area contributed by atoms with E-state index in [1.54, 1.807) is 12.4 Å². The predicted molar refractivity (Wildman–Crippen MR) is 87.8 cm³/mol. The van der Waals surface area contributed by atoms with Gasteiger partial charge in [0.25, 0.3) is 5.91 Å². The summed E-state index contributed by atoms with van der Waals surface area (Å²) in [5.74, 6) is -0.0633. The first kappa shape index (κ1) is 14.3. The zero-order valence-corrected chi connectivity index (χ0v) is 13.1. The minimum absolute atomic E-state index is 0.0633. The second kappa shape index (κ2) is 5.64. The third kappa shape index (κ3) is 2.48. The smallest absolute Gasteiger partial charge is 0.251 e. The van der Waals surface area contributed by atoms with Crippen LogP contribution in [0.5, 0.6) is 0 Å². The standard InChI is InChI=1S/C18H19N3O/c1-12-13(2)21(3)17-7-6-15(9-16(12)17)18(22)20-11-14-5-4-8-19-10-14/h4-10H,11H2,1-3H3,(H,20,22). The van der Waals surface area contributed by atoms with Gasteiger partial charge in [-0.05, 0) is 49.2 Å². The number of nitrogens with zero attached hydrogens (tertiary/aromatic N) is 2. The van der Waals surface area contributed by atoms with Crippen molar-refractivity contribution in [2.45, 2.75) is 20.4 Å². The normalized spacial score (nSPS) is 10.9. The maximum atomic E-state index is 12.3. The molecule has 0 radical (unpaired) electrons. The Labute approximate surface area is 129 Å². The van der Waals surface area contributed by atoms with Crippen molar-refractivity contribution in [2.75, 3.05) is 0 Å².